The first kappa shape index (κ1) is 14.2. The van der Waals surface area contributed by atoms with Crippen LogP contribution in [0, 0.1) is 6.92 Å². The molecule has 0 spiro atoms. The molecule has 1 aliphatic rings. The topological polar surface area (TPSA) is 40.7 Å². The van der Waals surface area contributed by atoms with Crippen LogP contribution in [0.1, 0.15) is 5.56 Å². The predicted molar refractivity (Wildman–Crippen MR) is 95.9 cm³/mol. The second kappa shape index (κ2) is 5.14. The van der Waals surface area contributed by atoms with Gasteiger partial charge in [0.25, 0.3) is 0 Å². The second-order valence-electron chi connectivity index (χ2n) is 6.34. The molecule has 5 nitrogen and oxygen atoms in total. The monoisotopic (exact) mass is 331 g/mol. The first-order chi connectivity index (χ1) is 12.2. The molecule has 0 saturated carbocycles. The Morgan fingerprint density at radius 2 is 1.68 bits per heavy atom. The number of hydrogen-bond donors (Lipinski definition) is 0. The Hall–Kier alpha value is -3.21. The molecule has 0 atom stereocenters. The van der Waals surface area contributed by atoms with Gasteiger partial charge >= 0.3 is 0 Å². The highest BCUT2D eigenvalue weighted by Crippen LogP contribution is 2.36. The number of ether oxygens (including phenoxy) is 2. The van der Waals surface area contributed by atoms with E-state index in [1.54, 1.807) is 0 Å². The Labute approximate surface area is 145 Å². The van der Waals surface area contributed by atoms with Crippen molar-refractivity contribution in [1.82, 2.24) is 14.0 Å². The lowest BCUT2D eigenvalue weighted by Crippen LogP contribution is -1.93. The van der Waals surface area contributed by atoms with E-state index in [0.29, 0.717) is 0 Å². The number of nitrogens with zero attached hydrogens (tertiary/aromatic N) is 3. The molecule has 124 valence electrons. The summed E-state index contributed by atoms with van der Waals surface area (Å²) in [7, 11) is 2.04. The SMILES string of the molecule is Cc1ccc(-c2cn3cc(-c4ccc5c(c4)OCO5)nc3n2C)cc1. The molecule has 2 aromatic heterocycles. The van der Waals surface area contributed by atoms with Crippen molar-refractivity contribution in [2.24, 2.45) is 7.05 Å². The van der Waals surface area contributed by atoms with Crippen LogP contribution in [0.3, 0.4) is 0 Å². The third kappa shape index (κ3) is 2.20. The standard InChI is InChI=1S/C20H17N3O2/c1-13-3-5-14(6-4-13)17-11-23-10-16(21-20(23)22(17)2)15-7-8-18-19(9-15)25-12-24-18/h3-11H,12H2,1-2H3. The third-order valence-electron chi connectivity index (χ3n) is 4.65. The molecule has 5 rings (SSSR count). The van der Waals surface area contributed by atoms with Crippen molar-refractivity contribution >= 4 is 5.78 Å². The number of fused-ring (bicyclic) bond motifs is 2. The van der Waals surface area contributed by atoms with Crippen molar-refractivity contribution in [2.45, 2.75) is 6.92 Å². The zero-order valence-electron chi connectivity index (χ0n) is 14.1. The number of benzene rings is 2. The van der Waals surface area contributed by atoms with Gasteiger partial charge < -0.3 is 14.0 Å². The summed E-state index contributed by atoms with van der Waals surface area (Å²) in [6.45, 7) is 2.38. The number of aromatic nitrogens is 3. The molecule has 0 radical (unpaired) electrons. The molecule has 2 aromatic carbocycles. The van der Waals surface area contributed by atoms with Crippen molar-refractivity contribution < 1.29 is 9.47 Å². The normalized spacial score (nSPS) is 12.9. The maximum atomic E-state index is 5.46. The summed E-state index contributed by atoms with van der Waals surface area (Å²) in [5.41, 5.74) is 5.51. The van der Waals surface area contributed by atoms with E-state index in [1.165, 1.54) is 11.1 Å². The molecule has 4 aromatic rings. The molecule has 0 saturated heterocycles. The molecule has 5 heteroatoms. The van der Waals surface area contributed by atoms with Crippen LogP contribution in [0.25, 0.3) is 28.3 Å². The molecular formula is C20H17N3O2. The fourth-order valence-electron chi connectivity index (χ4n) is 3.24. The van der Waals surface area contributed by atoms with E-state index in [9.17, 15) is 0 Å². The van der Waals surface area contributed by atoms with Gasteiger partial charge in [-0.2, -0.15) is 0 Å². The van der Waals surface area contributed by atoms with Crippen molar-refractivity contribution in [3.8, 4) is 34.0 Å². The minimum atomic E-state index is 0.282. The second-order valence-corrected chi connectivity index (χ2v) is 6.34. The summed E-state index contributed by atoms with van der Waals surface area (Å²) in [6, 6.07) is 14.5. The fourth-order valence-corrected chi connectivity index (χ4v) is 3.24. The van der Waals surface area contributed by atoms with E-state index in [0.717, 1.165) is 34.2 Å². The van der Waals surface area contributed by atoms with Crippen molar-refractivity contribution in [3.63, 3.8) is 0 Å². The number of hydrogen-bond acceptors (Lipinski definition) is 3. The Morgan fingerprint density at radius 1 is 0.920 bits per heavy atom. The third-order valence-corrected chi connectivity index (χ3v) is 4.65. The first-order valence-electron chi connectivity index (χ1n) is 8.20. The largest absolute Gasteiger partial charge is 0.454 e. The summed E-state index contributed by atoms with van der Waals surface area (Å²) < 4.78 is 15.0. The molecule has 0 unspecified atom stereocenters. The van der Waals surface area contributed by atoms with Gasteiger partial charge in [-0.05, 0) is 30.7 Å². The van der Waals surface area contributed by atoms with Gasteiger partial charge in [0.2, 0.25) is 12.6 Å². The van der Waals surface area contributed by atoms with E-state index in [1.807, 2.05) is 31.4 Å². The summed E-state index contributed by atoms with van der Waals surface area (Å²) in [4.78, 5) is 4.80. The minimum Gasteiger partial charge on any atom is -0.454 e. The lowest BCUT2D eigenvalue weighted by molar-refractivity contribution is 0.174. The Kier molecular flexibility index (Phi) is 2.91. The van der Waals surface area contributed by atoms with Gasteiger partial charge in [0.1, 0.15) is 0 Å². The highest BCUT2D eigenvalue weighted by molar-refractivity contribution is 5.69. The number of imidazole rings is 2. The fraction of sp³-hybridized carbons (Fsp3) is 0.150. The summed E-state index contributed by atoms with van der Waals surface area (Å²) >= 11 is 0. The molecule has 0 amide bonds. The Morgan fingerprint density at radius 3 is 2.48 bits per heavy atom. The summed E-state index contributed by atoms with van der Waals surface area (Å²) in [6.07, 6.45) is 4.16. The van der Waals surface area contributed by atoms with Crippen LogP contribution in [-0.2, 0) is 7.05 Å². The minimum absolute atomic E-state index is 0.282. The van der Waals surface area contributed by atoms with Crippen LogP contribution in [0.15, 0.2) is 54.9 Å². The first-order valence-corrected chi connectivity index (χ1v) is 8.20. The maximum absolute atomic E-state index is 5.46. The number of aryl methyl sites for hydroxylation is 2. The van der Waals surface area contributed by atoms with E-state index < -0.39 is 0 Å². The Bertz CT molecular complexity index is 1090. The predicted octanol–water partition coefficient (Wildman–Crippen LogP) is 4.04. The zero-order valence-corrected chi connectivity index (χ0v) is 14.1. The molecule has 0 aliphatic carbocycles. The van der Waals surface area contributed by atoms with Crippen LogP contribution in [0.2, 0.25) is 0 Å². The van der Waals surface area contributed by atoms with Gasteiger partial charge in [-0.3, -0.25) is 4.40 Å². The summed E-state index contributed by atoms with van der Waals surface area (Å²) in [5.74, 6) is 2.47. The molecule has 25 heavy (non-hydrogen) atoms. The van der Waals surface area contributed by atoms with E-state index >= 15 is 0 Å². The molecule has 0 N–H and O–H groups in total. The molecule has 0 bridgehead atoms. The molecule has 3 heterocycles. The maximum Gasteiger partial charge on any atom is 0.231 e. The van der Waals surface area contributed by atoms with Gasteiger partial charge in [0, 0.05) is 25.0 Å². The molecular weight excluding hydrogens is 314 g/mol. The molecule has 0 fully saturated rings. The number of rotatable bonds is 2. The van der Waals surface area contributed by atoms with E-state index in [2.05, 4.69) is 46.4 Å². The highest BCUT2D eigenvalue weighted by Gasteiger charge is 2.16. The Balaban J connectivity index is 1.58. The van der Waals surface area contributed by atoms with E-state index in [-0.39, 0.29) is 6.79 Å². The van der Waals surface area contributed by atoms with Gasteiger partial charge in [-0.25, -0.2) is 4.98 Å². The van der Waals surface area contributed by atoms with Crippen molar-refractivity contribution in [1.29, 1.82) is 0 Å². The van der Waals surface area contributed by atoms with Crippen LogP contribution in [0.5, 0.6) is 11.5 Å². The average Bonchev–Trinajstić information content (AvgIpc) is 3.31. The van der Waals surface area contributed by atoms with E-state index in [4.69, 9.17) is 14.5 Å². The van der Waals surface area contributed by atoms with Crippen LogP contribution in [-0.4, -0.2) is 20.7 Å². The van der Waals surface area contributed by atoms with Gasteiger partial charge in [0.05, 0.1) is 11.4 Å². The lowest BCUT2D eigenvalue weighted by atomic mass is 10.1. The van der Waals surface area contributed by atoms with Crippen LogP contribution >= 0.6 is 0 Å². The van der Waals surface area contributed by atoms with Gasteiger partial charge in [-0.1, -0.05) is 29.8 Å². The highest BCUT2D eigenvalue weighted by atomic mass is 16.7. The quantitative estimate of drug-likeness (QED) is 0.556. The van der Waals surface area contributed by atoms with Crippen molar-refractivity contribution in [3.05, 3.63) is 60.4 Å². The average molecular weight is 331 g/mol. The van der Waals surface area contributed by atoms with Gasteiger partial charge in [0.15, 0.2) is 11.5 Å². The summed E-state index contributed by atoms with van der Waals surface area (Å²) in [5, 5.41) is 0. The smallest absolute Gasteiger partial charge is 0.231 e. The van der Waals surface area contributed by atoms with Gasteiger partial charge in [-0.15, -0.1) is 0 Å². The van der Waals surface area contributed by atoms with Crippen molar-refractivity contribution in [2.75, 3.05) is 6.79 Å². The lowest BCUT2D eigenvalue weighted by Gasteiger charge is -2.03. The van der Waals surface area contributed by atoms with Crippen LogP contribution < -0.4 is 9.47 Å². The molecule has 1 aliphatic heterocycles. The zero-order chi connectivity index (χ0) is 17.0. The van der Waals surface area contributed by atoms with Crippen LogP contribution in [0.4, 0.5) is 0 Å².